The van der Waals surface area contributed by atoms with E-state index in [1.165, 1.54) is 12.1 Å². The minimum absolute atomic E-state index is 0.217. The molecule has 1 N–H and O–H groups in total. The molecule has 0 radical (unpaired) electrons. The van der Waals surface area contributed by atoms with Crippen LogP contribution >= 0.6 is 0 Å². The van der Waals surface area contributed by atoms with E-state index in [9.17, 15) is 4.39 Å². The second-order valence-corrected chi connectivity index (χ2v) is 4.37. The number of nitrogens with zero attached hydrogens (tertiary/aromatic N) is 2. The zero-order valence-corrected chi connectivity index (χ0v) is 11.5. The number of aromatic nitrogens is 2. The summed E-state index contributed by atoms with van der Waals surface area (Å²) in [4.78, 5) is 8.38. The molecule has 0 spiro atoms. The van der Waals surface area contributed by atoms with E-state index in [0.717, 1.165) is 18.4 Å². The summed E-state index contributed by atoms with van der Waals surface area (Å²) in [5.74, 6) is 0.901. The van der Waals surface area contributed by atoms with E-state index in [0.29, 0.717) is 25.0 Å². The lowest BCUT2D eigenvalue weighted by Crippen LogP contribution is -2.08. The Morgan fingerprint density at radius 1 is 1.20 bits per heavy atom. The van der Waals surface area contributed by atoms with Gasteiger partial charge in [-0.05, 0) is 30.5 Å². The van der Waals surface area contributed by atoms with Crippen LogP contribution in [0.15, 0.2) is 36.5 Å². The summed E-state index contributed by atoms with van der Waals surface area (Å²) < 4.78 is 18.2. The van der Waals surface area contributed by atoms with E-state index in [2.05, 4.69) is 15.3 Å². The highest BCUT2D eigenvalue weighted by molar-refractivity contribution is 5.28. The first-order chi connectivity index (χ1) is 9.78. The van der Waals surface area contributed by atoms with E-state index in [1.807, 2.05) is 6.92 Å². The summed E-state index contributed by atoms with van der Waals surface area (Å²) in [6, 6.07) is 8.22. The topological polar surface area (TPSA) is 47.0 Å². The minimum Gasteiger partial charge on any atom is -0.478 e. The van der Waals surface area contributed by atoms with Crippen LogP contribution in [0.4, 0.5) is 10.3 Å². The molecule has 0 saturated heterocycles. The van der Waals surface area contributed by atoms with Crippen molar-refractivity contribution in [2.75, 3.05) is 18.5 Å². The van der Waals surface area contributed by atoms with E-state index < -0.39 is 0 Å². The molecule has 5 heteroatoms. The summed E-state index contributed by atoms with van der Waals surface area (Å²) >= 11 is 0. The number of nitrogens with one attached hydrogen (secondary N) is 1. The zero-order chi connectivity index (χ0) is 14.2. The molecule has 0 fully saturated rings. The normalized spacial score (nSPS) is 10.3. The molecule has 0 bridgehead atoms. The van der Waals surface area contributed by atoms with Gasteiger partial charge in [-0.3, -0.25) is 0 Å². The van der Waals surface area contributed by atoms with Gasteiger partial charge in [-0.1, -0.05) is 19.1 Å². The fourth-order valence-corrected chi connectivity index (χ4v) is 1.68. The highest BCUT2D eigenvalue weighted by Gasteiger charge is 2.00. The highest BCUT2D eigenvalue weighted by atomic mass is 19.1. The second-order valence-electron chi connectivity index (χ2n) is 4.37. The smallest absolute Gasteiger partial charge is 0.225 e. The molecule has 0 aliphatic heterocycles. The predicted octanol–water partition coefficient (Wildman–Crippen LogP) is 3.06. The number of hydrogen-bond donors (Lipinski definition) is 1. The summed E-state index contributed by atoms with van der Waals surface area (Å²) in [6.07, 6.45) is 3.39. The molecule has 1 aromatic carbocycles. The molecule has 20 heavy (non-hydrogen) atoms. The van der Waals surface area contributed by atoms with Crippen molar-refractivity contribution >= 4 is 5.95 Å². The Kier molecular flexibility index (Phi) is 5.29. The molecular formula is C15H18FN3O. The van der Waals surface area contributed by atoms with Crippen LogP contribution in [0.5, 0.6) is 5.88 Å². The first-order valence-corrected chi connectivity index (χ1v) is 6.72. The highest BCUT2D eigenvalue weighted by Crippen LogP contribution is 2.09. The van der Waals surface area contributed by atoms with Crippen molar-refractivity contribution in [2.24, 2.45) is 0 Å². The van der Waals surface area contributed by atoms with Crippen molar-refractivity contribution in [1.29, 1.82) is 0 Å². The monoisotopic (exact) mass is 275 g/mol. The maximum absolute atomic E-state index is 12.8. The van der Waals surface area contributed by atoms with Crippen molar-refractivity contribution in [1.82, 2.24) is 9.97 Å². The van der Waals surface area contributed by atoms with Gasteiger partial charge < -0.3 is 10.1 Å². The fourth-order valence-electron chi connectivity index (χ4n) is 1.68. The predicted molar refractivity (Wildman–Crippen MR) is 76.4 cm³/mol. The van der Waals surface area contributed by atoms with Crippen molar-refractivity contribution in [3.63, 3.8) is 0 Å². The van der Waals surface area contributed by atoms with Gasteiger partial charge in [-0.15, -0.1) is 0 Å². The van der Waals surface area contributed by atoms with Gasteiger partial charge in [0.1, 0.15) is 5.82 Å². The molecule has 2 aromatic rings. The van der Waals surface area contributed by atoms with Gasteiger partial charge in [0.15, 0.2) is 0 Å². The second kappa shape index (κ2) is 7.43. The molecule has 0 unspecified atom stereocenters. The van der Waals surface area contributed by atoms with Crippen molar-refractivity contribution in [3.05, 3.63) is 47.9 Å². The number of halogens is 1. The van der Waals surface area contributed by atoms with E-state index in [1.54, 1.807) is 24.4 Å². The number of hydrogen-bond acceptors (Lipinski definition) is 4. The number of benzene rings is 1. The van der Waals surface area contributed by atoms with Gasteiger partial charge >= 0.3 is 0 Å². The quantitative estimate of drug-likeness (QED) is 0.843. The molecule has 0 atom stereocenters. The van der Waals surface area contributed by atoms with E-state index in [-0.39, 0.29) is 5.82 Å². The summed E-state index contributed by atoms with van der Waals surface area (Å²) in [5, 5.41) is 3.13. The Hall–Kier alpha value is -2.17. The summed E-state index contributed by atoms with van der Waals surface area (Å²) in [5.41, 5.74) is 1.07. The standard InChI is InChI=1S/C15H18FN3O/c1-2-11-20-14-8-10-18-15(19-14)17-9-7-12-3-5-13(16)6-4-12/h3-6,8,10H,2,7,9,11H2,1H3,(H,17,18,19). The number of anilines is 1. The Morgan fingerprint density at radius 2 is 2.00 bits per heavy atom. The van der Waals surface area contributed by atoms with E-state index in [4.69, 9.17) is 4.74 Å². The molecular weight excluding hydrogens is 257 g/mol. The first kappa shape index (κ1) is 14.2. The van der Waals surface area contributed by atoms with Crippen LogP contribution in [-0.2, 0) is 6.42 Å². The average Bonchev–Trinajstić information content (AvgIpc) is 2.48. The van der Waals surface area contributed by atoms with Crippen LogP contribution in [-0.4, -0.2) is 23.1 Å². The Bertz CT molecular complexity index is 531. The van der Waals surface area contributed by atoms with Gasteiger partial charge in [0.25, 0.3) is 0 Å². The lowest BCUT2D eigenvalue weighted by Gasteiger charge is -2.07. The zero-order valence-electron chi connectivity index (χ0n) is 11.5. The van der Waals surface area contributed by atoms with Crippen LogP contribution in [0.2, 0.25) is 0 Å². The molecule has 2 rings (SSSR count). The van der Waals surface area contributed by atoms with Gasteiger partial charge in [-0.25, -0.2) is 9.37 Å². The molecule has 1 heterocycles. The van der Waals surface area contributed by atoms with Gasteiger partial charge in [0, 0.05) is 18.8 Å². The molecule has 4 nitrogen and oxygen atoms in total. The van der Waals surface area contributed by atoms with Crippen LogP contribution in [0, 0.1) is 5.82 Å². The van der Waals surface area contributed by atoms with Crippen LogP contribution in [0.3, 0.4) is 0 Å². The molecule has 1 aromatic heterocycles. The van der Waals surface area contributed by atoms with Crippen LogP contribution in [0.25, 0.3) is 0 Å². The lowest BCUT2D eigenvalue weighted by atomic mass is 10.1. The molecule has 0 aliphatic rings. The third-order valence-corrected chi connectivity index (χ3v) is 2.69. The Balaban J connectivity index is 1.82. The summed E-state index contributed by atoms with van der Waals surface area (Å²) in [6.45, 7) is 3.37. The summed E-state index contributed by atoms with van der Waals surface area (Å²) in [7, 11) is 0. The molecule has 0 saturated carbocycles. The fraction of sp³-hybridized carbons (Fsp3) is 0.333. The molecule has 0 amide bonds. The Morgan fingerprint density at radius 3 is 2.75 bits per heavy atom. The molecule has 106 valence electrons. The van der Waals surface area contributed by atoms with Crippen LogP contribution < -0.4 is 10.1 Å². The SMILES string of the molecule is CCCOc1ccnc(NCCc2ccc(F)cc2)n1. The van der Waals surface area contributed by atoms with E-state index >= 15 is 0 Å². The van der Waals surface area contributed by atoms with Crippen molar-refractivity contribution < 1.29 is 9.13 Å². The first-order valence-electron chi connectivity index (χ1n) is 6.72. The lowest BCUT2D eigenvalue weighted by molar-refractivity contribution is 0.305. The number of ether oxygens (including phenoxy) is 1. The van der Waals surface area contributed by atoms with Gasteiger partial charge in [0.05, 0.1) is 6.61 Å². The number of rotatable bonds is 7. The third kappa shape index (κ3) is 4.50. The minimum atomic E-state index is -0.217. The molecule has 0 aliphatic carbocycles. The van der Waals surface area contributed by atoms with Crippen molar-refractivity contribution in [2.45, 2.75) is 19.8 Å². The third-order valence-electron chi connectivity index (χ3n) is 2.69. The average molecular weight is 275 g/mol. The van der Waals surface area contributed by atoms with Gasteiger partial charge in [0.2, 0.25) is 11.8 Å². The van der Waals surface area contributed by atoms with Crippen LogP contribution in [0.1, 0.15) is 18.9 Å². The van der Waals surface area contributed by atoms with Crippen molar-refractivity contribution in [3.8, 4) is 5.88 Å². The maximum Gasteiger partial charge on any atom is 0.225 e. The largest absolute Gasteiger partial charge is 0.478 e. The van der Waals surface area contributed by atoms with Gasteiger partial charge in [-0.2, -0.15) is 4.98 Å². The maximum atomic E-state index is 12.8. The Labute approximate surface area is 118 Å².